The highest BCUT2D eigenvalue weighted by atomic mass is 16.5. The first kappa shape index (κ1) is 16.1. The molecule has 1 aliphatic carbocycles. The maximum atomic E-state index is 11.7. The van der Waals surface area contributed by atoms with Crippen molar-refractivity contribution in [3.05, 3.63) is 0 Å². The van der Waals surface area contributed by atoms with Gasteiger partial charge in [0.15, 0.2) is 0 Å². The molecule has 2 N–H and O–H groups in total. The molecular weight excluding hydrogens is 272 g/mol. The van der Waals surface area contributed by atoms with Gasteiger partial charge < -0.3 is 20.1 Å². The highest BCUT2D eigenvalue weighted by Crippen LogP contribution is 2.24. The van der Waals surface area contributed by atoms with Crippen LogP contribution in [0.2, 0.25) is 0 Å². The average Bonchev–Trinajstić information content (AvgIpc) is 2.52. The van der Waals surface area contributed by atoms with Gasteiger partial charge in [-0.3, -0.25) is 4.79 Å². The molecule has 0 radical (unpaired) electrons. The van der Waals surface area contributed by atoms with Gasteiger partial charge >= 0.3 is 12.1 Å². The van der Waals surface area contributed by atoms with Crippen molar-refractivity contribution in [3.8, 4) is 0 Å². The van der Waals surface area contributed by atoms with Gasteiger partial charge in [-0.15, -0.1) is 0 Å². The highest BCUT2D eigenvalue weighted by molar-refractivity contribution is 5.73. The number of methoxy groups -OCH3 is 1. The number of hydrogen-bond donors (Lipinski definition) is 2. The van der Waals surface area contributed by atoms with E-state index in [-0.39, 0.29) is 12.6 Å². The standard InChI is InChI=1S/C15H26N2O4/c1-21-15(20)17-9-12(14(18)19)7-13(10-17)16-8-11-5-3-2-4-6-11/h11-13,16H,2-10H2,1H3,(H,18,19). The number of amides is 1. The van der Waals surface area contributed by atoms with Crippen molar-refractivity contribution in [3.63, 3.8) is 0 Å². The Hall–Kier alpha value is -1.30. The van der Waals surface area contributed by atoms with Gasteiger partial charge in [-0.05, 0) is 31.7 Å². The van der Waals surface area contributed by atoms with Gasteiger partial charge in [-0.1, -0.05) is 19.3 Å². The molecule has 120 valence electrons. The molecule has 2 unspecified atom stereocenters. The van der Waals surface area contributed by atoms with Crippen LogP contribution in [0.5, 0.6) is 0 Å². The summed E-state index contributed by atoms with van der Waals surface area (Å²) in [6, 6.07) is 0.0425. The van der Waals surface area contributed by atoms with Crippen LogP contribution in [-0.2, 0) is 9.53 Å². The molecule has 1 aliphatic heterocycles. The maximum Gasteiger partial charge on any atom is 0.409 e. The van der Waals surface area contributed by atoms with E-state index in [1.165, 1.54) is 44.1 Å². The fourth-order valence-corrected chi connectivity index (χ4v) is 3.43. The van der Waals surface area contributed by atoms with Crippen LogP contribution >= 0.6 is 0 Å². The second-order valence-corrected chi connectivity index (χ2v) is 6.26. The summed E-state index contributed by atoms with van der Waals surface area (Å²) in [5.41, 5.74) is 0. The molecule has 0 spiro atoms. The summed E-state index contributed by atoms with van der Waals surface area (Å²) in [5, 5.41) is 12.7. The molecule has 1 heterocycles. The monoisotopic (exact) mass is 298 g/mol. The molecule has 21 heavy (non-hydrogen) atoms. The molecule has 2 rings (SSSR count). The van der Waals surface area contributed by atoms with E-state index >= 15 is 0 Å². The molecule has 6 nitrogen and oxygen atoms in total. The lowest BCUT2D eigenvalue weighted by Crippen LogP contribution is -2.53. The number of piperidine rings is 1. The van der Waals surface area contributed by atoms with Gasteiger partial charge in [0.1, 0.15) is 0 Å². The number of carbonyl (C=O) groups excluding carboxylic acids is 1. The zero-order valence-corrected chi connectivity index (χ0v) is 12.7. The molecule has 6 heteroatoms. The molecule has 2 aliphatic rings. The fraction of sp³-hybridized carbons (Fsp3) is 0.867. The average molecular weight is 298 g/mol. The van der Waals surface area contributed by atoms with Crippen molar-refractivity contribution in [2.45, 2.75) is 44.6 Å². The van der Waals surface area contributed by atoms with Gasteiger partial charge in [-0.2, -0.15) is 0 Å². The van der Waals surface area contributed by atoms with Gasteiger partial charge in [0, 0.05) is 19.1 Å². The largest absolute Gasteiger partial charge is 0.481 e. The summed E-state index contributed by atoms with van der Waals surface area (Å²) in [6.07, 6.45) is 6.56. The van der Waals surface area contributed by atoms with Crippen molar-refractivity contribution in [1.82, 2.24) is 10.2 Å². The molecule has 0 aromatic rings. The van der Waals surface area contributed by atoms with Crippen LogP contribution in [0.15, 0.2) is 0 Å². The lowest BCUT2D eigenvalue weighted by atomic mass is 9.88. The number of likely N-dealkylation sites (tertiary alicyclic amines) is 1. The summed E-state index contributed by atoms with van der Waals surface area (Å²) >= 11 is 0. The van der Waals surface area contributed by atoms with Gasteiger partial charge in [0.2, 0.25) is 0 Å². The van der Waals surface area contributed by atoms with Gasteiger partial charge in [0.25, 0.3) is 0 Å². The van der Waals surface area contributed by atoms with Crippen LogP contribution in [-0.4, -0.2) is 54.9 Å². The molecule has 2 atom stereocenters. The summed E-state index contributed by atoms with van der Waals surface area (Å²) in [7, 11) is 1.33. The van der Waals surface area contributed by atoms with E-state index in [1.54, 1.807) is 0 Å². The molecule has 1 saturated heterocycles. The van der Waals surface area contributed by atoms with Crippen molar-refractivity contribution in [2.24, 2.45) is 11.8 Å². The van der Waals surface area contributed by atoms with Gasteiger partial charge in [-0.25, -0.2) is 4.79 Å². The third-order valence-electron chi connectivity index (χ3n) is 4.65. The summed E-state index contributed by atoms with van der Waals surface area (Å²) in [5.74, 6) is -0.662. The molecule has 1 amide bonds. The minimum absolute atomic E-state index is 0.0425. The summed E-state index contributed by atoms with van der Waals surface area (Å²) in [6.45, 7) is 1.69. The molecule has 0 aromatic heterocycles. The predicted molar refractivity (Wildman–Crippen MR) is 78.1 cm³/mol. The van der Waals surface area contributed by atoms with E-state index in [9.17, 15) is 14.7 Å². The number of nitrogens with one attached hydrogen (secondary N) is 1. The van der Waals surface area contributed by atoms with Crippen molar-refractivity contribution >= 4 is 12.1 Å². The van der Waals surface area contributed by atoms with E-state index in [0.717, 1.165) is 6.54 Å². The topological polar surface area (TPSA) is 78.9 Å². The third-order valence-corrected chi connectivity index (χ3v) is 4.65. The molecule has 1 saturated carbocycles. The summed E-state index contributed by atoms with van der Waals surface area (Å²) in [4.78, 5) is 24.4. The van der Waals surface area contributed by atoms with Crippen LogP contribution in [0.4, 0.5) is 4.79 Å². The Morgan fingerprint density at radius 2 is 1.95 bits per heavy atom. The van der Waals surface area contributed by atoms with E-state index in [4.69, 9.17) is 4.74 Å². The van der Waals surface area contributed by atoms with Crippen molar-refractivity contribution < 1.29 is 19.4 Å². The Morgan fingerprint density at radius 1 is 1.24 bits per heavy atom. The number of hydrogen-bond acceptors (Lipinski definition) is 4. The minimum atomic E-state index is -0.840. The van der Waals surface area contributed by atoms with Crippen LogP contribution in [0, 0.1) is 11.8 Å². The molecule has 0 aromatic carbocycles. The van der Waals surface area contributed by atoms with Crippen molar-refractivity contribution in [2.75, 3.05) is 26.7 Å². The number of rotatable bonds is 4. The summed E-state index contributed by atoms with van der Waals surface area (Å²) < 4.78 is 4.73. The first-order valence-corrected chi connectivity index (χ1v) is 7.89. The number of carboxylic acids is 1. The Labute approximate surface area is 125 Å². The van der Waals surface area contributed by atoms with Gasteiger partial charge in [0.05, 0.1) is 13.0 Å². The van der Waals surface area contributed by atoms with E-state index in [1.807, 2.05) is 0 Å². The Bertz CT molecular complexity index is 369. The number of carboxylic acid groups (broad SMARTS) is 1. The highest BCUT2D eigenvalue weighted by Gasteiger charge is 2.34. The Balaban J connectivity index is 1.87. The van der Waals surface area contributed by atoms with Crippen molar-refractivity contribution in [1.29, 1.82) is 0 Å². The fourth-order valence-electron chi connectivity index (χ4n) is 3.43. The minimum Gasteiger partial charge on any atom is -0.481 e. The van der Waals surface area contributed by atoms with Crippen LogP contribution in [0.3, 0.4) is 0 Å². The van der Waals surface area contributed by atoms with E-state index in [2.05, 4.69) is 5.32 Å². The number of aliphatic carboxylic acids is 1. The maximum absolute atomic E-state index is 11.7. The third kappa shape index (κ3) is 4.59. The smallest absolute Gasteiger partial charge is 0.409 e. The molecule has 2 fully saturated rings. The number of nitrogens with zero attached hydrogens (tertiary/aromatic N) is 1. The quantitative estimate of drug-likeness (QED) is 0.826. The SMILES string of the molecule is COC(=O)N1CC(NCC2CCCCC2)CC(C(=O)O)C1. The zero-order valence-electron chi connectivity index (χ0n) is 12.7. The van der Waals surface area contributed by atoms with Crippen LogP contribution in [0.25, 0.3) is 0 Å². The lowest BCUT2D eigenvalue weighted by molar-refractivity contribution is -0.143. The zero-order chi connectivity index (χ0) is 15.2. The first-order valence-electron chi connectivity index (χ1n) is 7.89. The second-order valence-electron chi connectivity index (χ2n) is 6.26. The second kappa shape index (κ2) is 7.64. The molecular formula is C15H26N2O4. The number of ether oxygens (including phenoxy) is 1. The number of carbonyl (C=O) groups is 2. The predicted octanol–water partition coefficient (Wildman–Crippen LogP) is 1.70. The van der Waals surface area contributed by atoms with E-state index in [0.29, 0.717) is 18.9 Å². The Morgan fingerprint density at radius 3 is 2.57 bits per heavy atom. The van der Waals surface area contributed by atoms with Crippen LogP contribution in [0.1, 0.15) is 38.5 Å². The Kier molecular flexibility index (Phi) is 5.85. The molecule has 0 bridgehead atoms. The normalized spacial score (nSPS) is 27.4. The van der Waals surface area contributed by atoms with E-state index < -0.39 is 18.0 Å². The first-order chi connectivity index (χ1) is 10.1. The lowest BCUT2D eigenvalue weighted by Gasteiger charge is -2.36. The van der Waals surface area contributed by atoms with Crippen LogP contribution < -0.4 is 5.32 Å².